The predicted octanol–water partition coefficient (Wildman–Crippen LogP) is 2.27. The number of carbonyl (C=O) groups excluding carboxylic acids is 1. The van der Waals surface area contributed by atoms with E-state index in [4.69, 9.17) is 9.47 Å². The molecule has 1 aliphatic rings. The van der Waals surface area contributed by atoms with E-state index in [0.717, 1.165) is 6.20 Å². The minimum atomic E-state index is -0.703. The van der Waals surface area contributed by atoms with Gasteiger partial charge in [-0.15, -0.1) is 0 Å². The van der Waals surface area contributed by atoms with E-state index >= 15 is 0 Å². The lowest BCUT2D eigenvalue weighted by Crippen LogP contribution is -2.37. The van der Waals surface area contributed by atoms with Gasteiger partial charge in [0, 0.05) is 5.56 Å². The highest BCUT2D eigenvalue weighted by Gasteiger charge is 2.39. The molecular formula is C15H21FN2O4. The van der Waals surface area contributed by atoms with Crippen LogP contribution in [0.2, 0.25) is 0 Å². The number of rotatable bonds is 2. The van der Waals surface area contributed by atoms with Crippen molar-refractivity contribution in [1.82, 2.24) is 9.88 Å². The summed E-state index contributed by atoms with van der Waals surface area (Å²) in [6.45, 7) is 5.41. The number of nitrogens with zero attached hydrogens (tertiary/aromatic N) is 2. The predicted molar refractivity (Wildman–Crippen MR) is 77.1 cm³/mol. The van der Waals surface area contributed by atoms with Gasteiger partial charge >= 0.3 is 6.09 Å². The fraction of sp³-hybridized carbons (Fsp3) is 0.600. The zero-order chi connectivity index (χ0) is 16.5. The Morgan fingerprint density at radius 1 is 1.50 bits per heavy atom. The number of aliphatic hydroxyl groups is 1. The maximum Gasteiger partial charge on any atom is 0.410 e. The maximum atomic E-state index is 13.5. The van der Waals surface area contributed by atoms with Crippen LogP contribution >= 0.6 is 0 Å². The van der Waals surface area contributed by atoms with Crippen molar-refractivity contribution in [3.8, 4) is 5.88 Å². The Hall–Kier alpha value is -1.89. The Morgan fingerprint density at radius 3 is 2.77 bits per heavy atom. The van der Waals surface area contributed by atoms with Crippen LogP contribution in [0.25, 0.3) is 0 Å². The van der Waals surface area contributed by atoms with E-state index in [-0.39, 0.29) is 18.8 Å². The molecule has 1 aliphatic heterocycles. The maximum absolute atomic E-state index is 13.5. The van der Waals surface area contributed by atoms with Crippen LogP contribution in [0.15, 0.2) is 12.3 Å². The third-order valence-corrected chi connectivity index (χ3v) is 3.30. The van der Waals surface area contributed by atoms with Crippen molar-refractivity contribution in [3.05, 3.63) is 23.6 Å². The Balaban J connectivity index is 2.32. The van der Waals surface area contributed by atoms with Gasteiger partial charge in [0.25, 0.3) is 0 Å². The van der Waals surface area contributed by atoms with Crippen LogP contribution in [0.4, 0.5) is 9.18 Å². The second kappa shape index (κ2) is 6.08. The van der Waals surface area contributed by atoms with Gasteiger partial charge < -0.3 is 14.6 Å². The summed E-state index contributed by atoms with van der Waals surface area (Å²) in [5.74, 6) is -0.296. The van der Waals surface area contributed by atoms with Gasteiger partial charge in [0.2, 0.25) is 5.88 Å². The highest BCUT2D eigenvalue weighted by atomic mass is 19.1. The largest absolute Gasteiger partial charge is 0.481 e. The molecule has 0 spiro atoms. The van der Waals surface area contributed by atoms with Crippen molar-refractivity contribution in [2.24, 2.45) is 0 Å². The Kier molecular flexibility index (Phi) is 4.55. The lowest BCUT2D eigenvalue weighted by atomic mass is 10.1. The van der Waals surface area contributed by atoms with Crippen molar-refractivity contribution in [2.45, 2.75) is 44.9 Å². The van der Waals surface area contributed by atoms with Gasteiger partial charge in [0.1, 0.15) is 11.4 Å². The number of aliphatic hydroxyl groups excluding tert-OH is 1. The van der Waals surface area contributed by atoms with E-state index < -0.39 is 29.7 Å². The van der Waals surface area contributed by atoms with Crippen molar-refractivity contribution >= 4 is 6.09 Å². The first kappa shape index (κ1) is 16.5. The molecule has 0 bridgehead atoms. The SMILES string of the molecule is COc1ncc(F)cc1[C@H]1C[C@H](O)CN1C(=O)OC(C)(C)C. The first-order chi connectivity index (χ1) is 10.2. The third kappa shape index (κ3) is 3.65. The molecule has 0 unspecified atom stereocenters. The lowest BCUT2D eigenvalue weighted by molar-refractivity contribution is 0.0205. The summed E-state index contributed by atoms with van der Waals surface area (Å²) in [4.78, 5) is 17.6. The van der Waals surface area contributed by atoms with E-state index in [1.807, 2.05) is 0 Å². The van der Waals surface area contributed by atoms with Crippen LogP contribution < -0.4 is 4.74 Å². The standard InChI is InChI=1S/C15H21FN2O4/c1-15(2,3)22-14(20)18-8-10(19)6-12(18)11-5-9(16)7-17-13(11)21-4/h5,7,10,12,19H,6,8H2,1-4H3/t10-,12+/m0/s1. The fourth-order valence-corrected chi connectivity index (χ4v) is 2.48. The Bertz CT molecular complexity index is 559. The average Bonchev–Trinajstić information content (AvgIpc) is 2.79. The van der Waals surface area contributed by atoms with E-state index in [1.165, 1.54) is 18.1 Å². The van der Waals surface area contributed by atoms with Crippen molar-refractivity contribution in [3.63, 3.8) is 0 Å². The smallest absolute Gasteiger partial charge is 0.410 e. The number of amides is 1. The first-order valence-corrected chi connectivity index (χ1v) is 7.08. The molecule has 0 radical (unpaired) electrons. The molecule has 1 aromatic heterocycles. The molecule has 122 valence electrons. The summed E-state index contributed by atoms with van der Waals surface area (Å²) >= 11 is 0. The van der Waals surface area contributed by atoms with Gasteiger partial charge in [0.15, 0.2) is 0 Å². The van der Waals surface area contributed by atoms with Crippen molar-refractivity contribution in [1.29, 1.82) is 0 Å². The van der Waals surface area contributed by atoms with E-state index in [9.17, 15) is 14.3 Å². The van der Waals surface area contributed by atoms with Crippen LogP contribution in [0, 0.1) is 5.82 Å². The van der Waals surface area contributed by atoms with E-state index in [2.05, 4.69) is 4.98 Å². The summed E-state index contributed by atoms with van der Waals surface area (Å²) < 4.78 is 24.0. The summed E-state index contributed by atoms with van der Waals surface area (Å²) in [5.41, 5.74) is -0.232. The zero-order valence-electron chi connectivity index (χ0n) is 13.2. The number of aromatic nitrogens is 1. The molecule has 1 N–H and O–H groups in total. The van der Waals surface area contributed by atoms with Crippen LogP contribution in [0.1, 0.15) is 38.8 Å². The number of carbonyl (C=O) groups is 1. The number of likely N-dealkylation sites (tertiary alicyclic amines) is 1. The molecule has 1 amide bonds. The molecule has 2 rings (SSSR count). The van der Waals surface area contributed by atoms with Gasteiger partial charge in [-0.3, -0.25) is 4.90 Å². The number of pyridine rings is 1. The molecule has 1 saturated heterocycles. The summed E-state index contributed by atoms with van der Waals surface area (Å²) in [6, 6.07) is 0.731. The Labute approximate surface area is 128 Å². The van der Waals surface area contributed by atoms with Crippen molar-refractivity contribution in [2.75, 3.05) is 13.7 Å². The van der Waals surface area contributed by atoms with Crippen LogP contribution in [0.5, 0.6) is 5.88 Å². The minimum Gasteiger partial charge on any atom is -0.481 e. The highest BCUT2D eigenvalue weighted by Crippen LogP contribution is 2.37. The van der Waals surface area contributed by atoms with Gasteiger partial charge in [-0.2, -0.15) is 0 Å². The Morgan fingerprint density at radius 2 is 2.18 bits per heavy atom. The molecule has 0 saturated carbocycles. The fourth-order valence-electron chi connectivity index (χ4n) is 2.48. The second-order valence-electron chi connectivity index (χ2n) is 6.29. The highest BCUT2D eigenvalue weighted by molar-refractivity contribution is 5.69. The third-order valence-electron chi connectivity index (χ3n) is 3.30. The van der Waals surface area contributed by atoms with E-state index in [1.54, 1.807) is 20.8 Å². The summed E-state index contributed by atoms with van der Waals surface area (Å²) in [6.07, 6.45) is 0.0672. The second-order valence-corrected chi connectivity index (χ2v) is 6.29. The molecule has 7 heteroatoms. The minimum absolute atomic E-state index is 0.124. The van der Waals surface area contributed by atoms with Crippen LogP contribution in [0.3, 0.4) is 0 Å². The van der Waals surface area contributed by atoms with Gasteiger partial charge in [-0.1, -0.05) is 0 Å². The quantitative estimate of drug-likeness (QED) is 0.907. The molecule has 2 heterocycles. The van der Waals surface area contributed by atoms with Crippen LogP contribution in [-0.2, 0) is 4.74 Å². The normalized spacial score (nSPS) is 21.8. The van der Waals surface area contributed by atoms with Gasteiger partial charge in [-0.05, 0) is 33.3 Å². The first-order valence-electron chi connectivity index (χ1n) is 7.08. The van der Waals surface area contributed by atoms with Crippen molar-refractivity contribution < 1.29 is 23.8 Å². The molecule has 1 aromatic rings. The zero-order valence-corrected chi connectivity index (χ0v) is 13.2. The number of hydrogen-bond acceptors (Lipinski definition) is 5. The summed E-state index contributed by atoms with van der Waals surface area (Å²) in [7, 11) is 1.42. The van der Waals surface area contributed by atoms with Gasteiger partial charge in [0.05, 0.1) is 32.0 Å². The number of hydrogen-bond donors (Lipinski definition) is 1. The molecule has 6 nitrogen and oxygen atoms in total. The lowest BCUT2D eigenvalue weighted by Gasteiger charge is -2.29. The topological polar surface area (TPSA) is 71.9 Å². The number of halogens is 1. The molecule has 0 aromatic carbocycles. The van der Waals surface area contributed by atoms with Crippen LogP contribution in [-0.4, -0.2) is 46.4 Å². The van der Waals surface area contributed by atoms with E-state index in [0.29, 0.717) is 5.56 Å². The monoisotopic (exact) mass is 312 g/mol. The summed E-state index contributed by atoms with van der Waals surface area (Å²) in [5, 5.41) is 9.91. The van der Waals surface area contributed by atoms with Gasteiger partial charge in [-0.25, -0.2) is 14.2 Å². The average molecular weight is 312 g/mol. The number of methoxy groups -OCH3 is 1. The number of β-amino-alcohol motifs (C(OH)–C–C–N with tert-alkyl or cyclic N) is 1. The molecule has 1 fully saturated rings. The number of ether oxygens (including phenoxy) is 2. The molecule has 0 aliphatic carbocycles. The molecule has 2 atom stereocenters. The molecular weight excluding hydrogens is 291 g/mol. The molecule has 22 heavy (non-hydrogen) atoms.